The van der Waals surface area contributed by atoms with Gasteiger partial charge in [0.2, 0.25) is 0 Å². The summed E-state index contributed by atoms with van der Waals surface area (Å²) in [4.78, 5) is 0. The second-order valence-electron chi connectivity index (χ2n) is 4.61. The molecule has 98 valence electrons. The molecule has 0 amide bonds. The number of hydrogen-bond acceptors (Lipinski definition) is 1. The molecule has 1 nitrogen and oxygen atoms in total. The van der Waals surface area contributed by atoms with Crippen LogP contribution in [0.2, 0.25) is 0 Å². The molecule has 0 bridgehead atoms. The molecule has 1 aromatic carbocycles. The number of rotatable bonds is 6. The standard InChI is InChI=1S/C16H21BrO/c1-13(2)7-6-8-14(3)11-12-18-16-10-5-4-9-15(16)17/h4-5,7,9-11H,6,8,12H2,1-3H3/b14-11+. The fourth-order valence-corrected chi connectivity index (χ4v) is 1.93. The molecule has 0 aliphatic rings. The Hall–Kier alpha value is -1.02. The van der Waals surface area contributed by atoms with E-state index in [-0.39, 0.29) is 0 Å². The topological polar surface area (TPSA) is 9.23 Å². The molecule has 0 heterocycles. The van der Waals surface area contributed by atoms with Crippen molar-refractivity contribution < 1.29 is 4.74 Å². The van der Waals surface area contributed by atoms with Gasteiger partial charge in [0.15, 0.2) is 0 Å². The van der Waals surface area contributed by atoms with Crippen molar-refractivity contribution >= 4 is 15.9 Å². The Kier molecular flexibility index (Phi) is 6.81. The molecule has 1 rings (SSSR count). The van der Waals surface area contributed by atoms with E-state index in [4.69, 9.17) is 4.74 Å². The van der Waals surface area contributed by atoms with Gasteiger partial charge in [-0.15, -0.1) is 0 Å². The van der Waals surface area contributed by atoms with E-state index in [1.165, 1.54) is 11.1 Å². The summed E-state index contributed by atoms with van der Waals surface area (Å²) in [5.74, 6) is 0.894. The van der Waals surface area contributed by atoms with Crippen LogP contribution in [0, 0.1) is 0 Å². The van der Waals surface area contributed by atoms with Gasteiger partial charge < -0.3 is 4.74 Å². The Morgan fingerprint density at radius 2 is 1.89 bits per heavy atom. The Morgan fingerprint density at radius 1 is 1.17 bits per heavy atom. The van der Waals surface area contributed by atoms with Gasteiger partial charge >= 0.3 is 0 Å². The second kappa shape index (κ2) is 8.15. The predicted octanol–water partition coefficient (Wildman–Crippen LogP) is 5.52. The van der Waals surface area contributed by atoms with Crippen molar-refractivity contribution in [3.05, 3.63) is 52.0 Å². The van der Waals surface area contributed by atoms with Gasteiger partial charge in [0.05, 0.1) is 4.47 Å². The second-order valence-corrected chi connectivity index (χ2v) is 5.47. The maximum atomic E-state index is 5.70. The van der Waals surface area contributed by atoms with Crippen LogP contribution < -0.4 is 4.74 Å². The highest BCUT2D eigenvalue weighted by atomic mass is 79.9. The maximum Gasteiger partial charge on any atom is 0.133 e. The van der Waals surface area contributed by atoms with E-state index in [0.29, 0.717) is 6.61 Å². The third-order valence-corrected chi connectivity index (χ3v) is 3.25. The minimum absolute atomic E-state index is 0.628. The Morgan fingerprint density at radius 3 is 2.56 bits per heavy atom. The van der Waals surface area contributed by atoms with Crippen LogP contribution in [0.15, 0.2) is 52.0 Å². The smallest absolute Gasteiger partial charge is 0.133 e. The molecule has 0 aliphatic heterocycles. The number of benzene rings is 1. The van der Waals surface area contributed by atoms with Crippen molar-refractivity contribution in [1.82, 2.24) is 0 Å². The van der Waals surface area contributed by atoms with Crippen LogP contribution in [0.1, 0.15) is 33.6 Å². The van der Waals surface area contributed by atoms with E-state index in [9.17, 15) is 0 Å². The van der Waals surface area contributed by atoms with Crippen molar-refractivity contribution in [2.45, 2.75) is 33.6 Å². The van der Waals surface area contributed by atoms with Crippen molar-refractivity contribution in [2.75, 3.05) is 6.61 Å². The number of para-hydroxylation sites is 1. The zero-order valence-electron chi connectivity index (χ0n) is 11.4. The highest BCUT2D eigenvalue weighted by Gasteiger charge is 1.97. The van der Waals surface area contributed by atoms with Gasteiger partial charge in [-0.05, 0) is 67.8 Å². The molecule has 2 heteroatoms. The van der Waals surface area contributed by atoms with E-state index in [1.54, 1.807) is 0 Å². The fraction of sp³-hybridized carbons (Fsp3) is 0.375. The summed E-state index contributed by atoms with van der Waals surface area (Å²) < 4.78 is 6.70. The van der Waals surface area contributed by atoms with Gasteiger partial charge in [0.1, 0.15) is 12.4 Å². The largest absolute Gasteiger partial charge is 0.488 e. The molecule has 0 unspecified atom stereocenters. The van der Waals surface area contributed by atoms with Crippen molar-refractivity contribution in [2.24, 2.45) is 0 Å². The lowest BCUT2D eigenvalue weighted by Gasteiger charge is -2.06. The highest BCUT2D eigenvalue weighted by molar-refractivity contribution is 9.10. The summed E-state index contributed by atoms with van der Waals surface area (Å²) in [5.41, 5.74) is 2.76. The number of ether oxygens (including phenoxy) is 1. The lowest BCUT2D eigenvalue weighted by atomic mass is 10.1. The minimum Gasteiger partial charge on any atom is -0.488 e. The monoisotopic (exact) mass is 308 g/mol. The lowest BCUT2D eigenvalue weighted by Crippen LogP contribution is -1.95. The molecule has 0 saturated heterocycles. The van der Waals surface area contributed by atoms with Crippen LogP contribution >= 0.6 is 15.9 Å². The third kappa shape index (κ3) is 6.06. The number of halogens is 1. The van der Waals surface area contributed by atoms with Crippen LogP contribution in [-0.2, 0) is 0 Å². The summed E-state index contributed by atoms with van der Waals surface area (Å²) in [6.07, 6.45) is 6.63. The van der Waals surface area contributed by atoms with Gasteiger partial charge in [-0.3, -0.25) is 0 Å². The molecule has 0 aromatic heterocycles. The Labute approximate surface area is 119 Å². The first-order valence-corrected chi connectivity index (χ1v) is 7.05. The van der Waals surface area contributed by atoms with Crippen LogP contribution in [0.25, 0.3) is 0 Å². The SMILES string of the molecule is CC(C)=CCC/C(C)=C/COc1ccccc1Br. The highest BCUT2D eigenvalue weighted by Crippen LogP contribution is 2.23. The summed E-state index contributed by atoms with van der Waals surface area (Å²) >= 11 is 3.47. The lowest BCUT2D eigenvalue weighted by molar-refractivity contribution is 0.359. The molecule has 0 atom stereocenters. The van der Waals surface area contributed by atoms with E-state index in [2.05, 4.69) is 48.9 Å². The van der Waals surface area contributed by atoms with Gasteiger partial charge in [-0.1, -0.05) is 29.4 Å². The van der Waals surface area contributed by atoms with Gasteiger partial charge in [-0.25, -0.2) is 0 Å². The molecule has 0 fully saturated rings. The van der Waals surface area contributed by atoms with Gasteiger partial charge in [0, 0.05) is 0 Å². The summed E-state index contributed by atoms with van der Waals surface area (Å²) in [5, 5.41) is 0. The zero-order chi connectivity index (χ0) is 13.4. The summed E-state index contributed by atoms with van der Waals surface area (Å²) in [7, 11) is 0. The Bertz CT molecular complexity index is 428. The first kappa shape index (κ1) is 15.0. The van der Waals surface area contributed by atoms with Gasteiger partial charge in [-0.2, -0.15) is 0 Å². The van der Waals surface area contributed by atoms with E-state index < -0.39 is 0 Å². The average molecular weight is 309 g/mol. The fourth-order valence-electron chi connectivity index (χ4n) is 1.53. The first-order chi connectivity index (χ1) is 8.59. The van der Waals surface area contributed by atoms with Crippen molar-refractivity contribution in [1.29, 1.82) is 0 Å². The average Bonchev–Trinajstić information content (AvgIpc) is 2.31. The van der Waals surface area contributed by atoms with E-state index >= 15 is 0 Å². The van der Waals surface area contributed by atoms with Gasteiger partial charge in [0.25, 0.3) is 0 Å². The van der Waals surface area contributed by atoms with E-state index in [0.717, 1.165) is 23.1 Å². The molecule has 1 aromatic rings. The summed E-state index contributed by atoms with van der Waals surface area (Å²) in [6, 6.07) is 7.92. The van der Waals surface area contributed by atoms with Crippen LogP contribution in [0.5, 0.6) is 5.75 Å². The van der Waals surface area contributed by atoms with Crippen LogP contribution in [0.4, 0.5) is 0 Å². The van der Waals surface area contributed by atoms with Crippen LogP contribution in [0.3, 0.4) is 0 Å². The molecule has 0 aliphatic carbocycles. The maximum absolute atomic E-state index is 5.70. The van der Waals surface area contributed by atoms with Crippen LogP contribution in [-0.4, -0.2) is 6.61 Å². The van der Waals surface area contributed by atoms with Crippen molar-refractivity contribution in [3.63, 3.8) is 0 Å². The number of hydrogen-bond donors (Lipinski definition) is 0. The van der Waals surface area contributed by atoms with Crippen molar-refractivity contribution in [3.8, 4) is 5.75 Å². The van der Waals surface area contributed by atoms with E-state index in [1.807, 2.05) is 24.3 Å². The quantitative estimate of drug-likeness (QED) is 0.629. The number of allylic oxidation sites excluding steroid dienone is 3. The Balaban J connectivity index is 2.36. The molecular weight excluding hydrogens is 288 g/mol. The molecule has 0 radical (unpaired) electrons. The third-order valence-electron chi connectivity index (χ3n) is 2.60. The molecule has 0 spiro atoms. The normalized spacial score (nSPS) is 11.2. The predicted molar refractivity (Wildman–Crippen MR) is 82.1 cm³/mol. The summed E-state index contributed by atoms with van der Waals surface area (Å²) in [6.45, 7) is 7.05. The molecule has 0 N–H and O–H groups in total. The minimum atomic E-state index is 0.628. The molecule has 18 heavy (non-hydrogen) atoms. The first-order valence-electron chi connectivity index (χ1n) is 6.26. The zero-order valence-corrected chi connectivity index (χ0v) is 13.0. The molecule has 0 saturated carbocycles. The molecular formula is C16H21BrO.